The van der Waals surface area contributed by atoms with Gasteiger partial charge in [0.2, 0.25) is 5.91 Å². The molecule has 1 saturated heterocycles. The quantitative estimate of drug-likeness (QED) is 0.847. The zero-order valence-electron chi connectivity index (χ0n) is 14.9. The summed E-state index contributed by atoms with van der Waals surface area (Å²) in [7, 11) is 2.04. The first-order valence-corrected chi connectivity index (χ1v) is 9.26. The van der Waals surface area contributed by atoms with Crippen LogP contribution in [0.4, 0.5) is 0 Å². The van der Waals surface area contributed by atoms with Crippen LogP contribution in [0.1, 0.15) is 30.6 Å². The lowest BCUT2D eigenvalue weighted by molar-refractivity contribution is -0.135. The number of piperazine rings is 1. The molecule has 25 heavy (non-hydrogen) atoms. The molecule has 5 nitrogen and oxygen atoms in total. The molecular weight excluding hydrogens is 361 g/mol. The van der Waals surface area contributed by atoms with Crippen molar-refractivity contribution in [2.24, 2.45) is 5.92 Å². The number of benzene rings is 1. The van der Waals surface area contributed by atoms with Gasteiger partial charge in [0.15, 0.2) is 0 Å². The Labute approximate surface area is 159 Å². The van der Waals surface area contributed by atoms with Crippen LogP contribution in [0.25, 0.3) is 0 Å². The fraction of sp³-hybridized carbons (Fsp3) is 0.556. The summed E-state index contributed by atoms with van der Waals surface area (Å²) >= 11 is 12.0. The minimum absolute atomic E-state index is 0.0276. The molecule has 2 rings (SSSR count). The molecular formula is C18H25Cl2N3O2. The van der Waals surface area contributed by atoms with Gasteiger partial charge in [-0.1, -0.05) is 37.0 Å². The Balaban J connectivity index is 2.11. The van der Waals surface area contributed by atoms with Gasteiger partial charge in [-0.05, 0) is 37.6 Å². The summed E-state index contributed by atoms with van der Waals surface area (Å²) in [5, 5.41) is 3.61. The summed E-state index contributed by atoms with van der Waals surface area (Å²) in [5.74, 6) is -0.0996. The monoisotopic (exact) mass is 385 g/mol. The maximum absolute atomic E-state index is 12.9. The molecule has 1 fully saturated rings. The number of halogens is 2. The van der Waals surface area contributed by atoms with Crippen molar-refractivity contribution in [2.45, 2.75) is 26.3 Å². The van der Waals surface area contributed by atoms with E-state index in [0.29, 0.717) is 30.1 Å². The Bertz CT molecular complexity index is 629. The largest absolute Gasteiger partial charge is 0.340 e. The number of nitrogens with one attached hydrogen (secondary N) is 1. The number of hydrogen-bond acceptors (Lipinski definition) is 3. The van der Waals surface area contributed by atoms with Crippen LogP contribution in [0, 0.1) is 5.92 Å². The van der Waals surface area contributed by atoms with E-state index in [4.69, 9.17) is 23.2 Å². The van der Waals surface area contributed by atoms with Crippen LogP contribution in [0.5, 0.6) is 0 Å². The second-order valence-corrected chi connectivity index (χ2v) is 7.75. The third kappa shape index (κ3) is 5.59. The van der Waals surface area contributed by atoms with Crippen LogP contribution in [0.15, 0.2) is 18.2 Å². The topological polar surface area (TPSA) is 52.7 Å². The molecule has 1 atom stereocenters. The van der Waals surface area contributed by atoms with Gasteiger partial charge in [-0.25, -0.2) is 0 Å². The van der Waals surface area contributed by atoms with E-state index in [1.807, 2.05) is 25.8 Å². The van der Waals surface area contributed by atoms with Gasteiger partial charge in [0.1, 0.15) is 6.04 Å². The Hall–Kier alpha value is -1.30. The third-order valence-corrected chi connectivity index (χ3v) is 4.85. The van der Waals surface area contributed by atoms with Crippen molar-refractivity contribution < 1.29 is 9.59 Å². The molecule has 0 radical (unpaired) electrons. The highest BCUT2D eigenvalue weighted by atomic mass is 35.5. The lowest BCUT2D eigenvalue weighted by atomic mass is 10.0. The number of rotatable bonds is 5. The fourth-order valence-electron chi connectivity index (χ4n) is 2.85. The maximum Gasteiger partial charge on any atom is 0.253 e. The summed E-state index contributed by atoms with van der Waals surface area (Å²) in [5.41, 5.74) is 0.325. The summed E-state index contributed by atoms with van der Waals surface area (Å²) in [6.45, 7) is 7.12. The highest BCUT2D eigenvalue weighted by Crippen LogP contribution is 2.21. The first-order valence-electron chi connectivity index (χ1n) is 8.51. The minimum Gasteiger partial charge on any atom is -0.340 e. The maximum atomic E-state index is 12.9. The molecule has 1 aliphatic heterocycles. The minimum atomic E-state index is -0.553. The number of amides is 2. The Morgan fingerprint density at radius 3 is 2.36 bits per heavy atom. The Morgan fingerprint density at radius 2 is 1.80 bits per heavy atom. The third-order valence-electron chi connectivity index (χ3n) is 4.30. The number of carbonyl (C=O) groups is 2. The second kappa shape index (κ2) is 8.88. The number of hydrogen-bond donors (Lipinski definition) is 1. The van der Waals surface area contributed by atoms with Crippen molar-refractivity contribution in [3.8, 4) is 0 Å². The SMILES string of the molecule is CC(C)C[C@H](NC(=O)c1ccc(Cl)cc1Cl)C(=O)N1CCN(C)CC1. The fourth-order valence-corrected chi connectivity index (χ4v) is 3.34. The number of carbonyl (C=O) groups excluding carboxylic acids is 2. The predicted molar refractivity (Wildman–Crippen MR) is 101 cm³/mol. The van der Waals surface area contributed by atoms with Gasteiger partial charge in [-0.3, -0.25) is 9.59 Å². The van der Waals surface area contributed by atoms with E-state index in [1.165, 1.54) is 6.07 Å². The number of nitrogens with zero attached hydrogens (tertiary/aromatic N) is 2. The smallest absolute Gasteiger partial charge is 0.253 e. The van der Waals surface area contributed by atoms with E-state index in [2.05, 4.69) is 10.2 Å². The van der Waals surface area contributed by atoms with Crippen LogP contribution in [0.2, 0.25) is 10.0 Å². The average molecular weight is 386 g/mol. The average Bonchev–Trinajstić information content (AvgIpc) is 2.53. The summed E-state index contributed by atoms with van der Waals surface area (Å²) in [6.07, 6.45) is 0.585. The van der Waals surface area contributed by atoms with Crippen molar-refractivity contribution in [3.63, 3.8) is 0 Å². The van der Waals surface area contributed by atoms with Crippen molar-refractivity contribution in [1.82, 2.24) is 15.1 Å². The second-order valence-electron chi connectivity index (χ2n) is 6.91. The molecule has 0 bridgehead atoms. The molecule has 7 heteroatoms. The van der Waals surface area contributed by atoms with Crippen molar-refractivity contribution in [1.29, 1.82) is 0 Å². The zero-order chi connectivity index (χ0) is 18.6. The Morgan fingerprint density at radius 1 is 1.16 bits per heavy atom. The molecule has 0 spiro atoms. The van der Waals surface area contributed by atoms with Crippen molar-refractivity contribution in [3.05, 3.63) is 33.8 Å². The first kappa shape index (κ1) is 20.0. The van der Waals surface area contributed by atoms with E-state index in [9.17, 15) is 9.59 Å². The normalized spacial score (nSPS) is 16.8. The molecule has 1 aromatic rings. The van der Waals surface area contributed by atoms with Crippen molar-refractivity contribution in [2.75, 3.05) is 33.2 Å². The molecule has 1 aliphatic rings. The molecule has 2 amide bonds. The predicted octanol–water partition coefficient (Wildman–Crippen LogP) is 2.91. The van der Waals surface area contributed by atoms with E-state index >= 15 is 0 Å². The van der Waals surface area contributed by atoms with Gasteiger partial charge in [-0.2, -0.15) is 0 Å². The molecule has 1 aromatic carbocycles. The van der Waals surface area contributed by atoms with Crippen LogP contribution in [-0.4, -0.2) is 60.9 Å². The van der Waals surface area contributed by atoms with Gasteiger partial charge in [-0.15, -0.1) is 0 Å². The molecule has 1 N–H and O–H groups in total. The molecule has 1 heterocycles. The first-order chi connectivity index (χ1) is 11.8. The summed E-state index contributed by atoms with van der Waals surface area (Å²) in [4.78, 5) is 29.5. The molecule has 0 unspecified atom stereocenters. The number of likely N-dealkylation sites (N-methyl/N-ethyl adjacent to an activating group) is 1. The zero-order valence-corrected chi connectivity index (χ0v) is 16.4. The van der Waals surface area contributed by atoms with Gasteiger partial charge < -0.3 is 15.1 Å². The summed E-state index contributed by atoms with van der Waals surface area (Å²) < 4.78 is 0. The standard InChI is InChI=1S/C18H25Cl2N3O2/c1-12(2)10-16(18(25)23-8-6-22(3)7-9-23)21-17(24)14-5-4-13(19)11-15(14)20/h4-5,11-12,16H,6-10H2,1-3H3,(H,21,24)/t16-/m0/s1. The molecule has 138 valence electrons. The van der Waals surface area contributed by atoms with Crippen molar-refractivity contribution >= 4 is 35.0 Å². The van der Waals surface area contributed by atoms with Crippen LogP contribution in [-0.2, 0) is 4.79 Å². The van der Waals surface area contributed by atoms with E-state index in [0.717, 1.165) is 13.1 Å². The highest BCUT2D eigenvalue weighted by Gasteiger charge is 2.29. The Kier molecular flexibility index (Phi) is 7.11. The lowest BCUT2D eigenvalue weighted by Gasteiger charge is -2.35. The van der Waals surface area contributed by atoms with Crippen LogP contribution in [0.3, 0.4) is 0 Å². The van der Waals surface area contributed by atoms with Gasteiger partial charge in [0.05, 0.1) is 10.6 Å². The van der Waals surface area contributed by atoms with Gasteiger partial charge >= 0.3 is 0 Å². The van der Waals surface area contributed by atoms with E-state index in [1.54, 1.807) is 12.1 Å². The van der Waals surface area contributed by atoms with E-state index in [-0.39, 0.29) is 22.8 Å². The summed E-state index contributed by atoms with van der Waals surface area (Å²) in [6, 6.07) is 4.16. The van der Waals surface area contributed by atoms with Crippen LogP contribution >= 0.6 is 23.2 Å². The van der Waals surface area contributed by atoms with E-state index < -0.39 is 6.04 Å². The lowest BCUT2D eigenvalue weighted by Crippen LogP contribution is -2.54. The molecule has 0 aromatic heterocycles. The highest BCUT2D eigenvalue weighted by molar-refractivity contribution is 6.36. The molecule has 0 aliphatic carbocycles. The molecule has 0 saturated carbocycles. The van der Waals surface area contributed by atoms with Gasteiger partial charge in [0.25, 0.3) is 5.91 Å². The van der Waals surface area contributed by atoms with Gasteiger partial charge in [0, 0.05) is 31.2 Å². The van der Waals surface area contributed by atoms with Crippen LogP contribution < -0.4 is 5.32 Å².